The third-order valence-corrected chi connectivity index (χ3v) is 7.83. The first-order valence-electron chi connectivity index (χ1n) is 13.0. The van der Waals surface area contributed by atoms with Gasteiger partial charge in [-0.15, -0.1) is 0 Å². The quantitative estimate of drug-likeness (QED) is 0.434. The van der Waals surface area contributed by atoms with Crippen molar-refractivity contribution in [2.24, 2.45) is 5.41 Å². The first-order chi connectivity index (χ1) is 18.5. The lowest BCUT2D eigenvalue weighted by Crippen LogP contribution is -2.48. The molecule has 0 aromatic heterocycles. The molecule has 0 bridgehead atoms. The standard InChI is InChI=1S/C31H32N2O5/c1-37-28(34)26-14-8-11-24(19-26)20-33-21-27(25-12-6-3-7-13-25)31(29(33)35)15-17-32(18-16-31)30(36)38-22-23-9-4-2-5-10-23/h2-14,19,27H,15-18,20-22H2,1H3. The van der Waals surface area contributed by atoms with E-state index in [4.69, 9.17) is 9.47 Å². The number of hydrogen-bond acceptors (Lipinski definition) is 5. The summed E-state index contributed by atoms with van der Waals surface area (Å²) in [5.41, 5.74) is 2.83. The summed E-state index contributed by atoms with van der Waals surface area (Å²) >= 11 is 0. The molecule has 196 valence electrons. The van der Waals surface area contributed by atoms with E-state index in [1.165, 1.54) is 7.11 Å². The lowest BCUT2D eigenvalue weighted by Gasteiger charge is -2.40. The number of likely N-dealkylation sites (tertiary alicyclic amines) is 2. The second kappa shape index (κ2) is 11.1. The lowest BCUT2D eigenvalue weighted by atomic mass is 9.68. The van der Waals surface area contributed by atoms with Gasteiger partial charge >= 0.3 is 12.1 Å². The predicted molar refractivity (Wildman–Crippen MR) is 142 cm³/mol. The van der Waals surface area contributed by atoms with Crippen LogP contribution in [0, 0.1) is 5.41 Å². The number of benzene rings is 3. The summed E-state index contributed by atoms with van der Waals surface area (Å²) in [6.45, 7) is 2.16. The van der Waals surface area contributed by atoms with E-state index in [-0.39, 0.29) is 24.5 Å². The van der Waals surface area contributed by atoms with Crippen LogP contribution in [-0.2, 0) is 27.4 Å². The third-order valence-electron chi connectivity index (χ3n) is 7.83. The zero-order chi connectivity index (χ0) is 26.5. The molecule has 2 aliphatic rings. The van der Waals surface area contributed by atoms with Crippen molar-refractivity contribution in [3.63, 3.8) is 0 Å². The van der Waals surface area contributed by atoms with E-state index in [9.17, 15) is 14.4 Å². The van der Waals surface area contributed by atoms with E-state index < -0.39 is 11.4 Å². The second-order valence-corrected chi connectivity index (χ2v) is 10.0. The van der Waals surface area contributed by atoms with Crippen LogP contribution in [-0.4, -0.2) is 54.5 Å². The van der Waals surface area contributed by atoms with E-state index in [0.717, 1.165) is 16.7 Å². The smallest absolute Gasteiger partial charge is 0.410 e. The normalized spacial score (nSPS) is 18.4. The summed E-state index contributed by atoms with van der Waals surface area (Å²) in [6.07, 6.45) is 0.802. The Morgan fingerprint density at radius 2 is 1.55 bits per heavy atom. The molecule has 2 heterocycles. The van der Waals surface area contributed by atoms with E-state index in [1.807, 2.05) is 65.6 Å². The topological polar surface area (TPSA) is 76.2 Å². The minimum Gasteiger partial charge on any atom is -0.465 e. The average molecular weight is 513 g/mol. The molecule has 2 fully saturated rings. The van der Waals surface area contributed by atoms with Gasteiger partial charge in [0.2, 0.25) is 5.91 Å². The number of hydrogen-bond donors (Lipinski definition) is 0. The Morgan fingerprint density at radius 3 is 2.24 bits per heavy atom. The van der Waals surface area contributed by atoms with Gasteiger partial charge in [-0.25, -0.2) is 9.59 Å². The molecule has 38 heavy (non-hydrogen) atoms. The van der Waals surface area contributed by atoms with Crippen LogP contribution in [0.1, 0.15) is 45.8 Å². The fraction of sp³-hybridized carbons (Fsp3) is 0.323. The molecular formula is C31H32N2O5. The van der Waals surface area contributed by atoms with Crippen molar-refractivity contribution in [2.45, 2.75) is 31.9 Å². The van der Waals surface area contributed by atoms with Crippen molar-refractivity contribution in [3.8, 4) is 0 Å². The van der Waals surface area contributed by atoms with Crippen molar-refractivity contribution in [1.82, 2.24) is 9.80 Å². The van der Waals surface area contributed by atoms with Crippen molar-refractivity contribution in [2.75, 3.05) is 26.7 Å². The largest absolute Gasteiger partial charge is 0.465 e. The maximum absolute atomic E-state index is 14.0. The molecule has 3 aromatic rings. The molecule has 7 nitrogen and oxygen atoms in total. The zero-order valence-corrected chi connectivity index (χ0v) is 21.5. The molecule has 2 saturated heterocycles. The molecule has 0 aliphatic carbocycles. The molecule has 7 heteroatoms. The number of esters is 1. The Hall–Kier alpha value is -4.13. The van der Waals surface area contributed by atoms with Crippen LogP contribution < -0.4 is 0 Å². The lowest BCUT2D eigenvalue weighted by molar-refractivity contribution is -0.139. The van der Waals surface area contributed by atoms with Gasteiger partial charge in [-0.3, -0.25) is 4.79 Å². The highest BCUT2D eigenvalue weighted by Crippen LogP contribution is 2.51. The van der Waals surface area contributed by atoms with Gasteiger partial charge in [0.15, 0.2) is 0 Å². The molecule has 1 unspecified atom stereocenters. The summed E-state index contributed by atoms with van der Waals surface area (Å²) in [4.78, 5) is 42.5. The molecule has 2 aliphatic heterocycles. The molecule has 2 amide bonds. The monoisotopic (exact) mass is 512 g/mol. The van der Waals surface area contributed by atoms with E-state index >= 15 is 0 Å². The predicted octanol–water partition coefficient (Wildman–Crippen LogP) is 5.02. The molecule has 5 rings (SSSR count). The maximum Gasteiger partial charge on any atom is 0.410 e. The van der Waals surface area contributed by atoms with Gasteiger partial charge in [-0.1, -0.05) is 72.8 Å². The number of piperidine rings is 1. The van der Waals surface area contributed by atoms with Crippen LogP contribution in [0.5, 0.6) is 0 Å². The Morgan fingerprint density at radius 1 is 0.895 bits per heavy atom. The summed E-state index contributed by atoms with van der Waals surface area (Å²) in [5, 5.41) is 0. The van der Waals surface area contributed by atoms with Crippen LogP contribution >= 0.6 is 0 Å². The number of ether oxygens (including phenoxy) is 2. The summed E-state index contributed by atoms with van der Waals surface area (Å²) in [5.74, 6) is -0.278. The highest BCUT2D eigenvalue weighted by Gasteiger charge is 2.55. The number of carbonyl (C=O) groups excluding carboxylic acids is 3. The van der Waals surface area contributed by atoms with Gasteiger partial charge in [-0.05, 0) is 41.7 Å². The Bertz CT molecular complexity index is 1290. The first kappa shape index (κ1) is 25.5. The minimum absolute atomic E-state index is 0.0162. The fourth-order valence-electron chi connectivity index (χ4n) is 5.78. The van der Waals surface area contributed by atoms with Crippen molar-refractivity contribution in [3.05, 3.63) is 107 Å². The Kier molecular flexibility index (Phi) is 7.45. The van der Waals surface area contributed by atoms with Crippen LogP contribution in [0.3, 0.4) is 0 Å². The fourth-order valence-corrected chi connectivity index (χ4v) is 5.78. The molecule has 3 aromatic carbocycles. The number of carbonyl (C=O) groups is 3. The second-order valence-electron chi connectivity index (χ2n) is 10.0. The van der Waals surface area contributed by atoms with Crippen molar-refractivity contribution >= 4 is 18.0 Å². The van der Waals surface area contributed by atoms with Gasteiger partial charge in [0, 0.05) is 32.1 Å². The molecule has 0 saturated carbocycles. The van der Waals surface area contributed by atoms with Gasteiger partial charge in [-0.2, -0.15) is 0 Å². The minimum atomic E-state index is -0.586. The van der Waals surface area contributed by atoms with Crippen LogP contribution in [0.15, 0.2) is 84.9 Å². The Labute approximate surface area is 223 Å². The number of methoxy groups -OCH3 is 1. The van der Waals surface area contributed by atoms with Crippen molar-refractivity contribution in [1.29, 1.82) is 0 Å². The SMILES string of the molecule is COC(=O)c1cccc(CN2CC(c3ccccc3)C3(CCN(C(=O)OCc4ccccc4)CC3)C2=O)c1. The zero-order valence-electron chi connectivity index (χ0n) is 21.5. The van der Waals surface area contributed by atoms with Crippen LogP contribution in [0.4, 0.5) is 4.79 Å². The summed E-state index contributed by atoms with van der Waals surface area (Å²) in [6, 6.07) is 27.0. The maximum atomic E-state index is 14.0. The Balaban J connectivity index is 1.32. The van der Waals surface area contributed by atoms with E-state index in [1.54, 1.807) is 17.0 Å². The number of nitrogens with zero attached hydrogens (tertiary/aromatic N) is 2. The highest BCUT2D eigenvalue weighted by atomic mass is 16.6. The molecular weight excluding hydrogens is 480 g/mol. The molecule has 1 atom stereocenters. The van der Waals surface area contributed by atoms with Gasteiger partial charge in [0.25, 0.3) is 0 Å². The van der Waals surface area contributed by atoms with Crippen LogP contribution in [0.25, 0.3) is 0 Å². The highest BCUT2D eigenvalue weighted by molar-refractivity contribution is 5.90. The molecule has 0 N–H and O–H groups in total. The van der Waals surface area contributed by atoms with Gasteiger partial charge in [0.1, 0.15) is 6.61 Å². The summed E-state index contributed by atoms with van der Waals surface area (Å²) < 4.78 is 10.4. The number of amides is 2. The molecule has 0 radical (unpaired) electrons. The first-order valence-corrected chi connectivity index (χ1v) is 13.0. The number of rotatable bonds is 6. The van der Waals surface area contributed by atoms with Crippen LogP contribution in [0.2, 0.25) is 0 Å². The van der Waals surface area contributed by atoms with E-state index in [0.29, 0.717) is 44.6 Å². The van der Waals surface area contributed by atoms with Gasteiger partial charge in [0.05, 0.1) is 18.1 Å². The third kappa shape index (κ3) is 5.14. The van der Waals surface area contributed by atoms with Gasteiger partial charge < -0.3 is 19.3 Å². The van der Waals surface area contributed by atoms with E-state index in [2.05, 4.69) is 12.1 Å². The molecule has 1 spiro atoms. The van der Waals surface area contributed by atoms with Crippen molar-refractivity contribution < 1.29 is 23.9 Å². The summed E-state index contributed by atoms with van der Waals surface area (Å²) in [7, 11) is 1.36. The average Bonchev–Trinajstić information content (AvgIpc) is 3.23.